The van der Waals surface area contributed by atoms with Gasteiger partial charge in [0, 0.05) is 11.3 Å². The molecule has 4 N–H and O–H groups in total. The molecule has 1 heterocycles. The number of phenolic OH excluding ortho intramolecular Hbond substituents is 1. The third kappa shape index (κ3) is 4.93. The van der Waals surface area contributed by atoms with Gasteiger partial charge in [-0.2, -0.15) is 0 Å². The summed E-state index contributed by atoms with van der Waals surface area (Å²) in [6, 6.07) is 20.0. The van der Waals surface area contributed by atoms with E-state index < -0.39 is 13.2 Å². The number of benzene rings is 3. The minimum absolute atomic E-state index is 0.0308. The maximum atomic E-state index is 13.1. The van der Waals surface area contributed by atoms with Crippen LogP contribution in [0.25, 0.3) is 11.1 Å². The number of rotatable bonds is 7. The third-order valence-electron chi connectivity index (χ3n) is 6.20. The van der Waals surface area contributed by atoms with Gasteiger partial charge in [0.15, 0.2) is 0 Å². The zero-order valence-corrected chi connectivity index (χ0v) is 19.9. The van der Waals surface area contributed by atoms with Crippen LogP contribution in [0.5, 0.6) is 5.75 Å². The topological polar surface area (TPSA) is 118 Å². The van der Waals surface area contributed by atoms with Crippen LogP contribution in [0.3, 0.4) is 0 Å². The lowest BCUT2D eigenvalue weighted by Crippen LogP contribution is -2.55. The van der Waals surface area contributed by atoms with E-state index in [9.17, 15) is 29.4 Å². The first kappa shape index (κ1) is 24.2. The molecule has 0 aliphatic carbocycles. The molecule has 0 aromatic heterocycles. The first-order valence-electron chi connectivity index (χ1n) is 11.1. The Balaban J connectivity index is 1.66. The number of para-hydroxylation sites is 1. The fourth-order valence-corrected chi connectivity index (χ4v) is 4.93. The molecule has 1 amide bonds. The summed E-state index contributed by atoms with van der Waals surface area (Å²) < 4.78 is 11.4. The van der Waals surface area contributed by atoms with E-state index in [1.165, 1.54) is 12.1 Å². The van der Waals surface area contributed by atoms with Crippen molar-refractivity contribution in [1.29, 1.82) is 0 Å². The predicted molar refractivity (Wildman–Crippen MR) is 131 cm³/mol. The number of aromatic hydroxyl groups is 1. The van der Waals surface area contributed by atoms with E-state index in [-0.39, 0.29) is 28.9 Å². The van der Waals surface area contributed by atoms with Gasteiger partial charge >= 0.3 is 7.60 Å². The van der Waals surface area contributed by atoms with Crippen LogP contribution in [-0.4, -0.2) is 31.5 Å². The van der Waals surface area contributed by atoms with Crippen molar-refractivity contribution in [3.05, 3.63) is 78.4 Å². The second-order valence-corrected chi connectivity index (χ2v) is 10.9. The zero-order chi connectivity index (χ0) is 24.7. The Hall–Kier alpha value is -2.96. The van der Waals surface area contributed by atoms with Gasteiger partial charge < -0.3 is 24.9 Å². The molecule has 8 heteroatoms. The molecule has 4 rings (SSSR count). The van der Waals surface area contributed by atoms with Crippen molar-refractivity contribution in [2.75, 3.05) is 4.90 Å². The Morgan fingerprint density at radius 1 is 0.941 bits per heavy atom. The molecular formula is C26H28NO6P. The van der Waals surface area contributed by atoms with Crippen molar-refractivity contribution in [3.63, 3.8) is 0 Å². The average molecular weight is 481 g/mol. The van der Waals surface area contributed by atoms with Crippen molar-refractivity contribution >= 4 is 24.5 Å². The monoisotopic (exact) mass is 481 g/mol. The minimum Gasteiger partial charge on any atom is -0.508 e. The molecule has 1 aliphatic rings. The van der Waals surface area contributed by atoms with Gasteiger partial charge in [-0.3, -0.25) is 9.36 Å². The van der Waals surface area contributed by atoms with Crippen LogP contribution in [0, 0.1) is 5.92 Å². The fourth-order valence-electron chi connectivity index (χ4n) is 4.39. The van der Waals surface area contributed by atoms with Crippen molar-refractivity contribution in [1.82, 2.24) is 0 Å². The molecule has 0 saturated carbocycles. The first-order valence-corrected chi connectivity index (χ1v) is 12.7. The molecule has 3 aromatic carbocycles. The minimum atomic E-state index is -4.33. The van der Waals surface area contributed by atoms with Crippen LogP contribution in [0.15, 0.2) is 72.8 Å². The second kappa shape index (κ2) is 9.01. The number of carbonyl (C=O) groups is 1. The van der Waals surface area contributed by atoms with Gasteiger partial charge in [0.1, 0.15) is 5.75 Å². The van der Waals surface area contributed by atoms with Gasteiger partial charge in [0.2, 0.25) is 5.91 Å². The molecule has 0 bridgehead atoms. The van der Waals surface area contributed by atoms with E-state index in [0.29, 0.717) is 29.5 Å². The van der Waals surface area contributed by atoms with E-state index in [1.54, 1.807) is 43.0 Å². The van der Waals surface area contributed by atoms with Crippen LogP contribution in [0.4, 0.5) is 5.69 Å². The molecule has 7 nitrogen and oxygen atoms in total. The van der Waals surface area contributed by atoms with Crippen LogP contribution in [0.1, 0.15) is 38.3 Å². The Bertz CT molecular complexity index is 1230. The lowest BCUT2D eigenvalue weighted by molar-refractivity contribution is -0.131. The molecule has 2 atom stereocenters. The largest absolute Gasteiger partial charge is 0.508 e. The van der Waals surface area contributed by atoms with Gasteiger partial charge in [-0.1, -0.05) is 42.5 Å². The van der Waals surface area contributed by atoms with Crippen LogP contribution >= 0.6 is 7.60 Å². The van der Waals surface area contributed by atoms with E-state index >= 15 is 0 Å². The first-order chi connectivity index (χ1) is 16.0. The van der Waals surface area contributed by atoms with Gasteiger partial charge in [-0.25, -0.2) is 0 Å². The smallest absolute Gasteiger partial charge is 0.356 e. The van der Waals surface area contributed by atoms with Crippen molar-refractivity contribution in [2.24, 2.45) is 5.92 Å². The average Bonchev–Trinajstić information content (AvgIpc) is 2.77. The number of aliphatic hydroxyl groups is 1. The van der Waals surface area contributed by atoms with Crippen LogP contribution in [0.2, 0.25) is 0 Å². The number of hydrogen-bond acceptors (Lipinski definition) is 4. The Labute approximate surface area is 198 Å². The highest BCUT2D eigenvalue weighted by Gasteiger charge is 2.49. The summed E-state index contributed by atoms with van der Waals surface area (Å²) >= 11 is 0. The fraction of sp³-hybridized carbons (Fsp3) is 0.269. The lowest BCUT2D eigenvalue weighted by atomic mass is 9.77. The number of β-lactam (4-membered cyclic amide) rings is 1. The zero-order valence-electron chi connectivity index (χ0n) is 19.0. The van der Waals surface area contributed by atoms with E-state index in [1.807, 2.05) is 36.4 Å². The van der Waals surface area contributed by atoms with E-state index in [0.717, 1.165) is 5.69 Å². The molecule has 0 spiro atoms. The summed E-state index contributed by atoms with van der Waals surface area (Å²) in [7, 11) is -4.33. The normalized spacial score (nSPS) is 18.6. The molecule has 0 unspecified atom stereocenters. The highest BCUT2D eigenvalue weighted by atomic mass is 31.2. The van der Waals surface area contributed by atoms with Crippen molar-refractivity contribution in [3.8, 4) is 16.9 Å². The summed E-state index contributed by atoms with van der Waals surface area (Å²) in [6.07, 6.45) is 0.939. The SMILES string of the molecule is CC(C)(O)CC[C@H]1C(=O)N(c2ccccc2)[C@@H]1c1ccc(-c2ccc(P(=O)(O)O)cc2)cc1O. The number of amides is 1. The van der Waals surface area contributed by atoms with Crippen LogP contribution < -0.4 is 10.2 Å². The standard InChI is InChI=1S/C26H28NO6P/c1-26(2,30)15-14-22-24(27(25(22)29)19-6-4-3-5-7-19)21-13-10-18(16-23(21)28)17-8-11-20(12-9-17)34(31,32)33/h3-13,16,22,24,28,30H,14-15H2,1-2H3,(H2,31,32,33)/t22-,24-/m1/s1. The summed E-state index contributed by atoms with van der Waals surface area (Å²) in [5.74, 6) is -0.383. The second-order valence-electron chi connectivity index (χ2n) is 9.31. The number of nitrogens with zero attached hydrogens (tertiary/aromatic N) is 1. The Kier molecular flexibility index (Phi) is 6.40. The number of carbonyl (C=O) groups excluding carboxylic acids is 1. The van der Waals surface area contributed by atoms with Crippen molar-refractivity contribution < 1.29 is 29.4 Å². The number of anilines is 1. The van der Waals surface area contributed by atoms with Gasteiger partial charge in [0.05, 0.1) is 22.9 Å². The molecule has 0 radical (unpaired) electrons. The van der Waals surface area contributed by atoms with Gasteiger partial charge in [-0.05, 0) is 68.1 Å². The van der Waals surface area contributed by atoms with E-state index in [2.05, 4.69) is 0 Å². The summed E-state index contributed by atoms with van der Waals surface area (Å²) in [5, 5.41) is 21.1. The predicted octanol–water partition coefficient (Wildman–Crippen LogP) is 4.12. The summed E-state index contributed by atoms with van der Waals surface area (Å²) in [5.41, 5.74) is 1.84. The number of hydrogen-bond donors (Lipinski definition) is 4. The lowest BCUT2D eigenvalue weighted by Gasteiger charge is -2.48. The van der Waals surface area contributed by atoms with E-state index in [4.69, 9.17) is 0 Å². The molecule has 1 saturated heterocycles. The molecule has 34 heavy (non-hydrogen) atoms. The quantitative estimate of drug-likeness (QED) is 0.298. The molecule has 178 valence electrons. The highest BCUT2D eigenvalue weighted by molar-refractivity contribution is 7.60. The van der Waals surface area contributed by atoms with Gasteiger partial charge in [-0.15, -0.1) is 0 Å². The molecule has 3 aromatic rings. The van der Waals surface area contributed by atoms with Crippen LogP contribution in [-0.2, 0) is 9.36 Å². The molecule has 1 aliphatic heterocycles. The maximum absolute atomic E-state index is 13.1. The summed E-state index contributed by atoms with van der Waals surface area (Å²) in [4.78, 5) is 33.4. The molecule has 1 fully saturated rings. The van der Waals surface area contributed by atoms with Crippen molar-refractivity contribution in [2.45, 2.75) is 38.3 Å². The highest BCUT2D eigenvalue weighted by Crippen LogP contribution is 2.49. The molecular weight excluding hydrogens is 453 g/mol. The number of phenols is 1. The summed E-state index contributed by atoms with van der Waals surface area (Å²) in [6.45, 7) is 3.42. The maximum Gasteiger partial charge on any atom is 0.356 e. The Morgan fingerprint density at radius 3 is 2.12 bits per heavy atom. The van der Waals surface area contributed by atoms with Gasteiger partial charge in [0.25, 0.3) is 0 Å². The Morgan fingerprint density at radius 2 is 1.56 bits per heavy atom. The third-order valence-corrected chi connectivity index (χ3v) is 7.17.